The molecule has 7 nitrogen and oxygen atoms in total. The average Bonchev–Trinajstić information content (AvgIpc) is 2.81. The van der Waals surface area contributed by atoms with Gasteiger partial charge in [0.05, 0.1) is 11.5 Å². The zero-order chi connectivity index (χ0) is 29.5. The predicted molar refractivity (Wildman–Crippen MR) is 156 cm³/mol. The summed E-state index contributed by atoms with van der Waals surface area (Å²) in [5.74, 6) is 0.682. The van der Waals surface area contributed by atoms with E-state index < -0.39 is 20.5 Å². The largest absolute Gasteiger partial charge is 1.00 e. The summed E-state index contributed by atoms with van der Waals surface area (Å²) in [6.07, 6.45) is 13.1. The molecule has 0 unspecified atom stereocenters. The minimum Gasteiger partial charge on any atom is -0.744 e. The number of fused-ring (bicyclic) bond motifs is 1. The topological polar surface area (TPSA) is 124 Å². The third-order valence-corrected chi connectivity index (χ3v) is 7.83. The van der Waals surface area contributed by atoms with Crippen LogP contribution in [0.3, 0.4) is 0 Å². The summed E-state index contributed by atoms with van der Waals surface area (Å²) in [7, 11) is -9.00. The van der Waals surface area contributed by atoms with Crippen LogP contribution < -0.4 is 59.1 Å². The molecular weight excluding hydrogens is 582 g/mol. The zero-order valence-electron chi connectivity index (χ0n) is 26.4. The molecule has 0 aliphatic rings. The van der Waals surface area contributed by atoms with E-state index in [9.17, 15) is 25.9 Å². The third kappa shape index (κ3) is 19.5. The SMILES string of the molecule is CC(C)Cc1cc2ccccc2c(S(=O)(=O)[O-])c1CC(C)C.CCCCCCCCCCCCOS(=O)(=O)[O-].[Na+].[Na+]. The molecule has 0 fully saturated rings. The van der Waals surface area contributed by atoms with Crippen molar-refractivity contribution < 1.29 is 89.2 Å². The Balaban J connectivity index is 0. The van der Waals surface area contributed by atoms with Crippen molar-refractivity contribution in [3.63, 3.8) is 0 Å². The van der Waals surface area contributed by atoms with Gasteiger partial charge < -0.3 is 9.11 Å². The van der Waals surface area contributed by atoms with Crippen molar-refractivity contribution in [3.05, 3.63) is 41.5 Å². The first-order valence-corrected chi connectivity index (χ1v) is 17.1. The summed E-state index contributed by atoms with van der Waals surface area (Å²) in [5, 5.41) is 1.36. The second kappa shape index (κ2) is 22.9. The molecule has 0 atom stereocenters. The third-order valence-electron chi connectivity index (χ3n) is 6.41. The smallest absolute Gasteiger partial charge is 0.744 e. The van der Waals surface area contributed by atoms with Crippen LogP contribution in [0, 0.1) is 11.8 Å². The molecule has 0 aliphatic carbocycles. The number of unbranched alkanes of at least 4 members (excludes halogenated alkanes) is 9. The first-order valence-electron chi connectivity index (χ1n) is 14.4. The van der Waals surface area contributed by atoms with Crippen LogP contribution in [0.5, 0.6) is 0 Å². The summed E-state index contributed by atoms with van der Waals surface area (Å²) in [5.41, 5.74) is 1.69. The van der Waals surface area contributed by atoms with Crippen molar-refractivity contribution in [2.24, 2.45) is 11.8 Å². The predicted octanol–water partition coefficient (Wildman–Crippen LogP) is 1.53. The maximum absolute atomic E-state index is 11.9. The van der Waals surface area contributed by atoms with Crippen LogP contribution in [0.1, 0.15) is 110 Å². The molecule has 0 aliphatic heterocycles. The first-order chi connectivity index (χ1) is 18.3. The number of benzene rings is 2. The second-order valence-corrected chi connectivity index (χ2v) is 13.5. The van der Waals surface area contributed by atoms with Crippen LogP contribution in [-0.2, 0) is 37.5 Å². The average molecular weight is 631 g/mol. The monoisotopic (exact) mass is 630 g/mol. The van der Waals surface area contributed by atoms with Gasteiger partial charge in [-0.25, -0.2) is 16.8 Å². The molecule has 2 aromatic carbocycles. The van der Waals surface area contributed by atoms with Gasteiger partial charge in [-0.05, 0) is 53.0 Å². The Hall–Kier alpha value is 0.480. The molecule has 0 bridgehead atoms. The summed E-state index contributed by atoms with van der Waals surface area (Å²) >= 11 is 0. The maximum atomic E-state index is 11.9. The fourth-order valence-corrected chi connectivity index (χ4v) is 6.00. The van der Waals surface area contributed by atoms with Crippen LogP contribution in [0.25, 0.3) is 10.8 Å². The van der Waals surface area contributed by atoms with Gasteiger partial charge in [-0.15, -0.1) is 0 Å². The molecular formula is C30H48Na2O7S2. The summed E-state index contributed by atoms with van der Waals surface area (Å²) < 4.78 is 70.3. The first kappa shape index (κ1) is 43.6. The summed E-state index contributed by atoms with van der Waals surface area (Å²) in [6.45, 7) is 10.5. The Kier molecular flexibility index (Phi) is 24.4. The van der Waals surface area contributed by atoms with E-state index in [4.69, 9.17) is 0 Å². The fourth-order valence-electron chi connectivity index (χ4n) is 4.70. The van der Waals surface area contributed by atoms with Crippen molar-refractivity contribution in [3.8, 4) is 0 Å². The number of hydrogen-bond acceptors (Lipinski definition) is 7. The van der Waals surface area contributed by atoms with Crippen LogP contribution in [-0.4, -0.2) is 32.5 Å². The molecule has 0 saturated heterocycles. The minimum atomic E-state index is -4.51. The Morgan fingerprint density at radius 2 is 1.22 bits per heavy atom. The number of hydrogen-bond donors (Lipinski definition) is 0. The number of rotatable bonds is 17. The van der Waals surface area contributed by atoms with Gasteiger partial charge in [0, 0.05) is 0 Å². The molecule has 0 aromatic heterocycles. The van der Waals surface area contributed by atoms with Crippen LogP contribution in [0.2, 0.25) is 0 Å². The Labute approximate surface area is 294 Å². The molecule has 11 heteroatoms. The zero-order valence-corrected chi connectivity index (χ0v) is 32.0. The van der Waals surface area contributed by atoms with E-state index in [2.05, 4.69) is 25.0 Å². The van der Waals surface area contributed by atoms with Crippen molar-refractivity contribution in [2.45, 2.75) is 117 Å². The van der Waals surface area contributed by atoms with Crippen LogP contribution >= 0.6 is 0 Å². The minimum absolute atomic E-state index is 0. The van der Waals surface area contributed by atoms with Gasteiger partial charge in [0.2, 0.25) is 10.4 Å². The Bertz CT molecular complexity index is 1200. The summed E-state index contributed by atoms with van der Waals surface area (Å²) in [6, 6.07) is 9.28. The summed E-state index contributed by atoms with van der Waals surface area (Å²) in [4.78, 5) is -0.0186. The van der Waals surface area contributed by atoms with Gasteiger partial charge in [-0.2, -0.15) is 0 Å². The molecule has 0 amide bonds. The van der Waals surface area contributed by atoms with Crippen molar-refractivity contribution in [1.82, 2.24) is 0 Å². The second-order valence-electron chi connectivity index (χ2n) is 11.1. The molecule has 0 heterocycles. The van der Waals surface area contributed by atoms with E-state index >= 15 is 0 Å². The molecule has 41 heavy (non-hydrogen) atoms. The van der Waals surface area contributed by atoms with Gasteiger partial charge >= 0.3 is 59.1 Å². The van der Waals surface area contributed by atoms with E-state index in [0.717, 1.165) is 30.2 Å². The van der Waals surface area contributed by atoms with Gasteiger partial charge in [-0.1, -0.05) is 123 Å². The van der Waals surface area contributed by atoms with E-state index in [0.29, 0.717) is 29.7 Å². The Morgan fingerprint density at radius 3 is 1.68 bits per heavy atom. The molecule has 2 aromatic rings. The van der Waals surface area contributed by atoms with Crippen LogP contribution in [0.15, 0.2) is 35.2 Å². The van der Waals surface area contributed by atoms with Gasteiger partial charge in [0.25, 0.3) is 0 Å². The van der Waals surface area contributed by atoms with Gasteiger partial charge in [0.1, 0.15) is 10.1 Å². The molecule has 0 saturated carbocycles. The Morgan fingerprint density at radius 1 is 0.732 bits per heavy atom. The normalized spacial score (nSPS) is 11.6. The van der Waals surface area contributed by atoms with Crippen LogP contribution in [0.4, 0.5) is 0 Å². The molecule has 0 radical (unpaired) electrons. The maximum Gasteiger partial charge on any atom is 1.00 e. The standard InChI is InChI=1S/C18H24O3S.C12H26O4S.2Na/c1-12(2)9-15-11-14-7-5-6-8-16(14)18(22(19,20)21)17(15)10-13(3)4;1-2-3-4-5-6-7-8-9-10-11-12-16-17(13,14)15;;/h5-8,11-13H,9-10H2,1-4H3,(H,19,20,21);2-12H2,1H3,(H,13,14,15);;/q;;2*+1/p-2. The van der Waals surface area contributed by atoms with E-state index in [-0.39, 0.29) is 76.5 Å². The van der Waals surface area contributed by atoms with Crippen molar-refractivity contribution >= 4 is 31.3 Å². The van der Waals surface area contributed by atoms with Gasteiger partial charge in [0.15, 0.2) is 0 Å². The molecule has 0 spiro atoms. The van der Waals surface area contributed by atoms with E-state index in [1.165, 1.54) is 44.9 Å². The molecule has 2 rings (SSSR count). The quantitative estimate of drug-likeness (QED) is 0.112. The molecule has 224 valence electrons. The van der Waals surface area contributed by atoms with E-state index in [1.54, 1.807) is 12.1 Å². The van der Waals surface area contributed by atoms with Crippen molar-refractivity contribution in [1.29, 1.82) is 0 Å². The fraction of sp³-hybridized carbons (Fsp3) is 0.667. The van der Waals surface area contributed by atoms with E-state index in [1.807, 2.05) is 32.0 Å². The van der Waals surface area contributed by atoms with Gasteiger partial charge in [-0.3, -0.25) is 4.18 Å². The molecule has 0 N–H and O–H groups in total. The van der Waals surface area contributed by atoms with Crippen molar-refractivity contribution in [2.75, 3.05) is 6.61 Å².